The quantitative estimate of drug-likeness (QED) is 0.771. The smallest absolute Gasteiger partial charge is 0.336 e. The second-order valence-electron chi connectivity index (χ2n) is 4.52. The van der Waals surface area contributed by atoms with Gasteiger partial charge in [-0.3, -0.25) is 0 Å². The Morgan fingerprint density at radius 3 is 2.50 bits per heavy atom. The van der Waals surface area contributed by atoms with E-state index in [4.69, 9.17) is 0 Å². The molecule has 1 aliphatic carbocycles. The van der Waals surface area contributed by atoms with Crippen LogP contribution in [0.15, 0.2) is 23.8 Å². The SMILES string of the molecule is CC(C)=C(C(=O)O)c1ccc2c(c1)CCC2. The van der Waals surface area contributed by atoms with E-state index < -0.39 is 5.97 Å². The molecule has 0 bridgehead atoms. The molecule has 2 heteroatoms. The maximum atomic E-state index is 11.2. The van der Waals surface area contributed by atoms with Crippen molar-refractivity contribution >= 4 is 11.5 Å². The van der Waals surface area contributed by atoms with Crippen LogP contribution < -0.4 is 0 Å². The molecule has 0 aromatic heterocycles. The fourth-order valence-corrected chi connectivity index (χ4v) is 2.35. The molecule has 1 aliphatic rings. The summed E-state index contributed by atoms with van der Waals surface area (Å²) in [7, 11) is 0. The van der Waals surface area contributed by atoms with Crippen LogP contribution >= 0.6 is 0 Å². The summed E-state index contributed by atoms with van der Waals surface area (Å²) >= 11 is 0. The largest absolute Gasteiger partial charge is 0.478 e. The Bertz CT molecular complexity index is 466. The van der Waals surface area contributed by atoms with Crippen molar-refractivity contribution in [3.8, 4) is 0 Å². The van der Waals surface area contributed by atoms with Gasteiger partial charge in [0.05, 0.1) is 5.57 Å². The fourth-order valence-electron chi connectivity index (χ4n) is 2.35. The molecule has 2 nitrogen and oxygen atoms in total. The molecule has 0 heterocycles. The number of aryl methyl sites for hydroxylation is 2. The lowest BCUT2D eigenvalue weighted by molar-refractivity contribution is -0.130. The molecule has 0 atom stereocenters. The first-order valence-electron chi connectivity index (χ1n) is 5.62. The van der Waals surface area contributed by atoms with Crippen molar-refractivity contribution in [2.75, 3.05) is 0 Å². The van der Waals surface area contributed by atoms with Gasteiger partial charge >= 0.3 is 5.97 Å². The summed E-state index contributed by atoms with van der Waals surface area (Å²) < 4.78 is 0. The number of aliphatic carboxylic acids is 1. The minimum absolute atomic E-state index is 0.440. The minimum Gasteiger partial charge on any atom is -0.478 e. The first-order valence-corrected chi connectivity index (χ1v) is 5.62. The number of hydrogen-bond donors (Lipinski definition) is 1. The number of fused-ring (bicyclic) bond motifs is 1. The van der Waals surface area contributed by atoms with Crippen molar-refractivity contribution in [1.82, 2.24) is 0 Å². The second-order valence-corrected chi connectivity index (χ2v) is 4.52. The fraction of sp³-hybridized carbons (Fsp3) is 0.357. The highest BCUT2D eigenvalue weighted by molar-refractivity contribution is 6.16. The molecule has 0 spiro atoms. The van der Waals surface area contributed by atoms with Crippen molar-refractivity contribution in [2.45, 2.75) is 33.1 Å². The van der Waals surface area contributed by atoms with Gasteiger partial charge in [-0.1, -0.05) is 23.8 Å². The van der Waals surface area contributed by atoms with Crippen molar-refractivity contribution in [3.05, 3.63) is 40.5 Å². The predicted octanol–water partition coefficient (Wildman–Crippen LogP) is 3.05. The normalized spacial score (nSPS) is 13.4. The van der Waals surface area contributed by atoms with E-state index in [1.807, 2.05) is 26.0 Å². The van der Waals surface area contributed by atoms with Crippen molar-refractivity contribution in [1.29, 1.82) is 0 Å². The van der Waals surface area contributed by atoms with E-state index in [0.29, 0.717) is 5.57 Å². The summed E-state index contributed by atoms with van der Waals surface area (Å²) in [4.78, 5) is 11.2. The standard InChI is InChI=1S/C14H16O2/c1-9(2)13(14(15)16)12-7-6-10-4-3-5-11(10)8-12/h6-8H,3-5H2,1-2H3,(H,15,16). The molecule has 1 aromatic carbocycles. The molecule has 2 rings (SSSR count). The van der Waals surface area contributed by atoms with Crippen LogP contribution in [0.2, 0.25) is 0 Å². The molecular formula is C14H16O2. The van der Waals surface area contributed by atoms with Gasteiger partial charge in [-0.25, -0.2) is 4.79 Å². The van der Waals surface area contributed by atoms with Crippen molar-refractivity contribution in [2.24, 2.45) is 0 Å². The van der Waals surface area contributed by atoms with Crippen LogP contribution in [-0.4, -0.2) is 11.1 Å². The lowest BCUT2D eigenvalue weighted by Crippen LogP contribution is -2.02. The second kappa shape index (κ2) is 4.12. The summed E-state index contributed by atoms with van der Waals surface area (Å²) in [6, 6.07) is 6.04. The van der Waals surface area contributed by atoms with E-state index >= 15 is 0 Å². The summed E-state index contributed by atoms with van der Waals surface area (Å²) in [5.41, 5.74) is 4.83. The Hall–Kier alpha value is -1.57. The van der Waals surface area contributed by atoms with Gasteiger partial charge in [-0.05, 0) is 49.8 Å². The summed E-state index contributed by atoms with van der Waals surface area (Å²) in [6.07, 6.45) is 3.40. The minimum atomic E-state index is -0.835. The Morgan fingerprint density at radius 2 is 1.88 bits per heavy atom. The van der Waals surface area contributed by atoms with Gasteiger partial charge in [0.15, 0.2) is 0 Å². The van der Waals surface area contributed by atoms with Gasteiger partial charge in [0.1, 0.15) is 0 Å². The molecule has 16 heavy (non-hydrogen) atoms. The molecule has 0 aliphatic heterocycles. The van der Waals surface area contributed by atoms with Crippen LogP contribution in [0.25, 0.3) is 5.57 Å². The number of carboxylic acids is 1. The van der Waals surface area contributed by atoms with E-state index in [2.05, 4.69) is 6.07 Å². The molecule has 0 saturated heterocycles. The van der Waals surface area contributed by atoms with E-state index in [1.165, 1.54) is 17.5 Å². The van der Waals surface area contributed by atoms with Crippen molar-refractivity contribution < 1.29 is 9.90 Å². The van der Waals surface area contributed by atoms with E-state index in [0.717, 1.165) is 24.0 Å². The Kier molecular flexibility index (Phi) is 2.82. The Labute approximate surface area is 95.6 Å². The summed E-state index contributed by atoms with van der Waals surface area (Å²) in [5, 5.41) is 9.19. The predicted molar refractivity (Wildman–Crippen MR) is 64.4 cm³/mol. The Balaban J connectivity index is 2.48. The number of benzene rings is 1. The number of hydrogen-bond acceptors (Lipinski definition) is 1. The number of carbonyl (C=O) groups is 1. The zero-order chi connectivity index (χ0) is 11.7. The molecule has 0 fully saturated rings. The number of carboxylic acid groups (broad SMARTS) is 1. The molecule has 0 amide bonds. The molecular weight excluding hydrogens is 200 g/mol. The maximum absolute atomic E-state index is 11.2. The van der Waals surface area contributed by atoms with Crippen LogP contribution in [0.4, 0.5) is 0 Å². The van der Waals surface area contributed by atoms with Crippen LogP contribution in [0.5, 0.6) is 0 Å². The molecule has 0 saturated carbocycles. The zero-order valence-electron chi connectivity index (χ0n) is 9.71. The van der Waals surface area contributed by atoms with Gasteiger partial charge in [-0.15, -0.1) is 0 Å². The van der Waals surface area contributed by atoms with Gasteiger partial charge in [0, 0.05) is 0 Å². The first-order chi connectivity index (χ1) is 7.59. The number of allylic oxidation sites excluding steroid dienone is 1. The third kappa shape index (κ3) is 1.87. The van der Waals surface area contributed by atoms with Gasteiger partial charge in [0.2, 0.25) is 0 Å². The molecule has 1 N–H and O–H groups in total. The highest BCUT2D eigenvalue weighted by Gasteiger charge is 2.16. The summed E-state index contributed by atoms with van der Waals surface area (Å²) in [6.45, 7) is 3.69. The lowest BCUT2D eigenvalue weighted by Gasteiger charge is -2.07. The topological polar surface area (TPSA) is 37.3 Å². The molecule has 1 aromatic rings. The van der Waals surface area contributed by atoms with Crippen LogP contribution in [0.1, 0.15) is 37.0 Å². The van der Waals surface area contributed by atoms with Crippen LogP contribution in [0, 0.1) is 0 Å². The maximum Gasteiger partial charge on any atom is 0.336 e. The van der Waals surface area contributed by atoms with Crippen LogP contribution in [0.3, 0.4) is 0 Å². The van der Waals surface area contributed by atoms with Crippen molar-refractivity contribution in [3.63, 3.8) is 0 Å². The lowest BCUT2D eigenvalue weighted by atomic mass is 9.98. The zero-order valence-corrected chi connectivity index (χ0v) is 9.71. The van der Waals surface area contributed by atoms with Gasteiger partial charge < -0.3 is 5.11 Å². The van der Waals surface area contributed by atoms with Gasteiger partial charge in [-0.2, -0.15) is 0 Å². The van der Waals surface area contributed by atoms with E-state index in [-0.39, 0.29) is 0 Å². The molecule has 0 radical (unpaired) electrons. The highest BCUT2D eigenvalue weighted by Crippen LogP contribution is 2.27. The van der Waals surface area contributed by atoms with Gasteiger partial charge in [0.25, 0.3) is 0 Å². The average Bonchev–Trinajstić information content (AvgIpc) is 2.63. The van der Waals surface area contributed by atoms with Crippen LogP contribution in [-0.2, 0) is 17.6 Å². The summed E-state index contributed by atoms with van der Waals surface area (Å²) in [5.74, 6) is -0.835. The highest BCUT2D eigenvalue weighted by atomic mass is 16.4. The van der Waals surface area contributed by atoms with E-state index in [1.54, 1.807) is 0 Å². The third-order valence-corrected chi connectivity index (χ3v) is 3.10. The monoisotopic (exact) mass is 216 g/mol. The molecule has 0 unspecified atom stereocenters. The van der Waals surface area contributed by atoms with E-state index in [9.17, 15) is 9.90 Å². The third-order valence-electron chi connectivity index (χ3n) is 3.10. The average molecular weight is 216 g/mol. The Morgan fingerprint density at radius 1 is 1.19 bits per heavy atom. The first kappa shape index (κ1) is 10.9. The molecule has 84 valence electrons. The number of rotatable bonds is 2.